The molecule has 1 aliphatic heterocycles. The molecule has 0 aromatic rings. The van der Waals surface area contributed by atoms with Crippen LogP contribution in [0.15, 0.2) is 0 Å². The highest BCUT2D eigenvalue weighted by molar-refractivity contribution is 5.18. The van der Waals surface area contributed by atoms with Crippen LogP contribution in [0.25, 0.3) is 0 Å². The lowest BCUT2D eigenvalue weighted by molar-refractivity contribution is 0.295. The Morgan fingerprint density at radius 2 is 2.08 bits per heavy atom. The minimum absolute atomic E-state index is 0.0948. The van der Waals surface area contributed by atoms with Gasteiger partial charge in [-0.05, 0) is 34.2 Å². The van der Waals surface area contributed by atoms with Crippen molar-refractivity contribution in [3.63, 3.8) is 0 Å². The van der Waals surface area contributed by atoms with Gasteiger partial charge in [0.1, 0.15) is 0 Å². The Labute approximate surface area is 81.7 Å². The smallest absolute Gasteiger partial charge is 0.0942 e. The molecule has 0 saturated carbocycles. The summed E-state index contributed by atoms with van der Waals surface area (Å²) in [7, 11) is 2.11. The quantitative estimate of drug-likeness (QED) is 0.608. The standard InChI is InChI=1S/C11H20N2/c1-6-11(12-10(2,3)4)7-8-13(5)9-11/h1,12H,7-9H2,2-5H3. The molecule has 1 saturated heterocycles. The summed E-state index contributed by atoms with van der Waals surface area (Å²) in [5.41, 5.74) is -0.00937. The number of likely N-dealkylation sites (tertiary alicyclic amines) is 1. The van der Waals surface area contributed by atoms with Crippen molar-refractivity contribution in [2.24, 2.45) is 0 Å². The molecule has 2 nitrogen and oxygen atoms in total. The van der Waals surface area contributed by atoms with E-state index in [1.165, 1.54) is 0 Å². The number of rotatable bonds is 1. The number of nitrogens with zero attached hydrogens (tertiary/aromatic N) is 1. The summed E-state index contributed by atoms with van der Waals surface area (Å²) in [6, 6.07) is 0. The second-order valence-electron chi connectivity index (χ2n) is 5.09. The molecule has 1 heterocycles. The highest BCUT2D eigenvalue weighted by Crippen LogP contribution is 2.22. The van der Waals surface area contributed by atoms with Gasteiger partial charge in [0.05, 0.1) is 5.54 Å². The summed E-state index contributed by atoms with van der Waals surface area (Å²) in [5, 5.41) is 3.53. The monoisotopic (exact) mass is 180 g/mol. The van der Waals surface area contributed by atoms with Crippen molar-refractivity contribution in [2.45, 2.75) is 38.3 Å². The molecule has 2 heteroatoms. The topological polar surface area (TPSA) is 15.3 Å². The van der Waals surface area contributed by atoms with Crippen LogP contribution in [0.1, 0.15) is 27.2 Å². The Morgan fingerprint density at radius 3 is 2.38 bits per heavy atom. The van der Waals surface area contributed by atoms with Gasteiger partial charge in [-0.25, -0.2) is 0 Å². The number of likely N-dealkylation sites (N-methyl/N-ethyl adjacent to an activating group) is 1. The van der Waals surface area contributed by atoms with Crippen molar-refractivity contribution < 1.29 is 0 Å². The summed E-state index contributed by atoms with van der Waals surface area (Å²) in [4.78, 5) is 2.28. The minimum atomic E-state index is -0.104. The summed E-state index contributed by atoms with van der Waals surface area (Å²) >= 11 is 0. The molecule has 1 rings (SSSR count). The van der Waals surface area contributed by atoms with Crippen molar-refractivity contribution in [3.8, 4) is 12.3 Å². The molecule has 0 amide bonds. The van der Waals surface area contributed by atoms with Crippen LogP contribution in [-0.2, 0) is 0 Å². The maximum Gasteiger partial charge on any atom is 0.0942 e. The molecule has 0 spiro atoms. The van der Waals surface area contributed by atoms with Crippen LogP contribution in [0, 0.1) is 12.3 Å². The third-order valence-electron chi connectivity index (χ3n) is 2.35. The van der Waals surface area contributed by atoms with E-state index in [4.69, 9.17) is 6.42 Å². The van der Waals surface area contributed by atoms with Crippen LogP contribution in [0.4, 0.5) is 0 Å². The number of hydrogen-bond acceptors (Lipinski definition) is 2. The fourth-order valence-electron chi connectivity index (χ4n) is 1.97. The fourth-order valence-corrected chi connectivity index (χ4v) is 1.97. The SMILES string of the molecule is C#CC1(NC(C)(C)C)CCN(C)C1. The van der Waals surface area contributed by atoms with Gasteiger partial charge < -0.3 is 4.90 Å². The number of hydrogen-bond donors (Lipinski definition) is 1. The zero-order valence-electron chi connectivity index (χ0n) is 9.15. The van der Waals surface area contributed by atoms with Crippen LogP contribution in [0.2, 0.25) is 0 Å². The van der Waals surface area contributed by atoms with Gasteiger partial charge >= 0.3 is 0 Å². The van der Waals surface area contributed by atoms with Gasteiger partial charge in [-0.2, -0.15) is 0 Å². The van der Waals surface area contributed by atoms with E-state index in [2.05, 4.69) is 44.0 Å². The molecule has 0 aliphatic carbocycles. The summed E-state index contributed by atoms with van der Waals surface area (Å²) in [6.07, 6.45) is 6.65. The van der Waals surface area contributed by atoms with Crippen molar-refractivity contribution in [2.75, 3.05) is 20.1 Å². The van der Waals surface area contributed by atoms with Crippen molar-refractivity contribution in [1.29, 1.82) is 0 Å². The molecule has 0 aromatic heterocycles. The predicted octanol–water partition coefficient (Wildman–Crippen LogP) is 1.08. The van der Waals surface area contributed by atoms with Gasteiger partial charge in [0.15, 0.2) is 0 Å². The Bertz CT molecular complexity index is 221. The van der Waals surface area contributed by atoms with Gasteiger partial charge in [0, 0.05) is 18.6 Å². The van der Waals surface area contributed by atoms with Crippen molar-refractivity contribution in [1.82, 2.24) is 10.2 Å². The average Bonchev–Trinajstić information content (AvgIpc) is 2.29. The molecule has 74 valence electrons. The Morgan fingerprint density at radius 1 is 1.46 bits per heavy atom. The average molecular weight is 180 g/mol. The molecule has 1 unspecified atom stereocenters. The first-order chi connectivity index (χ1) is 5.87. The normalized spacial score (nSPS) is 30.4. The summed E-state index contributed by atoms with van der Waals surface area (Å²) < 4.78 is 0. The molecule has 1 N–H and O–H groups in total. The summed E-state index contributed by atoms with van der Waals surface area (Å²) in [6.45, 7) is 8.52. The minimum Gasteiger partial charge on any atom is -0.303 e. The third kappa shape index (κ3) is 2.72. The fraction of sp³-hybridized carbons (Fsp3) is 0.818. The van der Waals surface area contributed by atoms with E-state index < -0.39 is 0 Å². The third-order valence-corrected chi connectivity index (χ3v) is 2.35. The van der Waals surface area contributed by atoms with E-state index in [1.807, 2.05) is 0 Å². The molecule has 1 aliphatic rings. The second-order valence-corrected chi connectivity index (χ2v) is 5.09. The van der Waals surface area contributed by atoms with Crippen LogP contribution in [0.5, 0.6) is 0 Å². The van der Waals surface area contributed by atoms with Gasteiger partial charge in [-0.1, -0.05) is 5.92 Å². The highest BCUT2D eigenvalue weighted by Gasteiger charge is 2.37. The molecule has 0 bridgehead atoms. The lowest BCUT2D eigenvalue weighted by Gasteiger charge is -2.33. The Kier molecular flexibility index (Phi) is 2.70. The molecule has 0 radical (unpaired) electrons. The van der Waals surface area contributed by atoms with Crippen molar-refractivity contribution in [3.05, 3.63) is 0 Å². The Balaban J connectivity index is 2.68. The molecular formula is C11H20N2. The maximum absolute atomic E-state index is 5.60. The van der Waals surface area contributed by atoms with Gasteiger partial charge in [-0.3, -0.25) is 5.32 Å². The van der Waals surface area contributed by atoms with Crippen LogP contribution in [-0.4, -0.2) is 36.1 Å². The van der Waals surface area contributed by atoms with Gasteiger partial charge in [0.2, 0.25) is 0 Å². The van der Waals surface area contributed by atoms with E-state index in [0.29, 0.717) is 0 Å². The maximum atomic E-state index is 5.60. The Hall–Kier alpha value is -0.520. The van der Waals surface area contributed by atoms with Crippen LogP contribution >= 0.6 is 0 Å². The lowest BCUT2D eigenvalue weighted by atomic mass is 9.95. The van der Waals surface area contributed by atoms with Gasteiger partial charge in [-0.15, -0.1) is 6.42 Å². The largest absolute Gasteiger partial charge is 0.303 e. The van der Waals surface area contributed by atoms with Gasteiger partial charge in [0.25, 0.3) is 0 Å². The zero-order valence-corrected chi connectivity index (χ0v) is 9.15. The van der Waals surface area contributed by atoms with Crippen LogP contribution in [0.3, 0.4) is 0 Å². The number of nitrogens with one attached hydrogen (secondary N) is 1. The van der Waals surface area contributed by atoms with E-state index >= 15 is 0 Å². The molecule has 1 fully saturated rings. The molecule has 1 atom stereocenters. The first-order valence-corrected chi connectivity index (χ1v) is 4.83. The molecule has 0 aromatic carbocycles. The van der Waals surface area contributed by atoms with E-state index in [1.54, 1.807) is 0 Å². The highest BCUT2D eigenvalue weighted by atomic mass is 15.2. The zero-order chi connectivity index (χ0) is 10.1. The first-order valence-electron chi connectivity index (χ1n) is 4.83. The van der Waals surface area contributed by atoms with E-state index in [-0.39, 0.29) is 11.1 Å². The van der Waals surface area contributed by atoms with E-state index in [0.717, 1.165) is 19.5 Å². The number of terminal acetylenes is 1. The molecular weight excluding hydrogens is 160 g/mol. The predicted molar refractivity (Wildman–Crippen MR) is 56.6 cm³/mol. The molecule has 13 heavy (non-hydrogen) atoms. The lowest BCUT2D eigenvalue weighted by Crippen LogP contribution is -2.54. The summed E-state index contributed by atoms with van der Waals surface area (Å²) in [5.74, 6) is 2.91. The van der Waals surface area contributed by atoms with Crippen molar-refractivity contribution >= 4 is 0 Å². The van der Waals surface area contributed by atoms with Crippen LogP contribution < -0.4 is 5.32 Å². The second kappa shape index (κ2) is 3.32. The van der Waals surface area contributed by atoms with E-state index in [9.17, 15) is 0 Å². The first kappa shape index (κ1) is 10.6.